The molecular formula is C9H12N2O. The van der Waals surface area contributed by atoms with E-state index >= 15 is 0 Å². The minimum Gasteiger partial charge on any atom is -0.476 e. The summed E-state index contributed by atoms with van der Waals surface area (Å²) in [6.45, 7) is 2.64. The van der Waals surface area contributed by atoms with E-state index in [2.05, 4.69) is 16.4 Å². The summed E-state index contributed by atoms with van der Waals surface area (Å²) in [7, 11) is 0. The summed E-state index contributed by atoms with van der Waals surface area (Å²) >= 11 is 0. The molecule has 0 fully saturated rings. The van der Waals surface area contributed by atoms with E-state index in [1.807, 2.05) is 6.07 Å². The van der Waals surface area contributed by atoms with Crippen molar-refractivity contribution in [2.45, 2.75) is 6.42 Å². The Morgan fingerprint density at radius 1 is 1.42 bits per heavy atom. The van der Waals surface area contributed by atoms with Crippen LogP contribution in [0.15, 0.2) is 18.3 Å². The van der Waals surface area contributed by atoms with Crippen molar-refractivity contribution in [2.24, 2.45) is 0 Å². The van der Waals surface area contributed by atoms with Crippen LogP contribution >= 0.6 is 0 Å². The first-order valence-electron chi connectivity index (χ1n) is 4.24. The summed E-state index contributed by atoms with van der Waals surface area (Å²) in [6, 6.07) is 4.01. The van der Waals surface area contributed by atoms with Gasteiger partial charge in [-0.2, -0.15) is 0 Å². The second-order valence-corrected chi connectivity index (χ2v) is 2.82. The molecule has 1 aliphatic rings. The molecule has 0 atom stereocenters. The van der Waals surface area contributed by atoms with Crippen LogP contribution in [0.4, 0.5) is 0 Å². The van der Waals surface area contributed by atoms with Gasteiger partial charge in [0.15, 0.2) is 0 Å². The van der Waals surface area contributed by atoms with Crippen LogP contribution in [-0.4, -0.2) is 24.7 Å². The number of aromatic nitrogens is 1. The molecule has 0 amide bonds. The molecule has 1 aromatic heterocycles. The van der Waals surface area contributed by atoms with E-state index in [0.717, 1.165) is 25.4 Å². The zero-order valence-corrected chi connectivity index (χ0v) is 6.92. The molecule has 2 heterocycles. The summed E-state index contributed by atoms with van der Waals surface area (Å²) in [5.41, 5.74) is 1.20. The summed E-state index contributed by atoms with van der Waals surface area (Å²) in [5, 5.41) is 3.28. The molecule has 2 rings (SSSR count). The first-order valence-corrected chi connectivity index (χ1v) is 4.24. The van der Waals surface area contributed by atoms with Gasteiger partial charge in [-0.15, -0.1) is 0 Å². The Hall–Kier alpha value is -1.09. The van der Waals surface area contributed by atoms with Crippen LogP contribution < -0.4 is 10.1 Å². The lowest BCUT2D eigenvalue weighted by Crippen LogP contribution is -2.26. The van der Waals surface area contributed by atoms with Crippen LogP contribution in [0.25, 0.3) is 0 Å². The number of hydrogen-bond donors (Lipinski definition) is 1. The topological polar surface area (TPSA) is 34.2 Å². The smallest absolute Gasteiger partial charge is 0.216 e. The van der Waals surface area contributed by atoms with E-state index in [9.17, 15) is 0 Å². The maximum atomic E-state index is 5.45. The quantitative estimate of drug-likeness (QED) is 0.610. The lowest BCUT2D eigenvalue weighted by molar-refractivity contribution is 0.292. The molecule has 1 aliphatic heterocycles. The number of nitrogens with one attached hydrogen (secondary N) is 1. The van der Waals surface area contributed by atoms with Crippen LogP contribution in [0, 0.1) is 0 Å². The maximum Gasteiger partial charge on any atom is 0.216 e. The molecule has 0 radical (unpaired) electrons. The summed E-state index contributed by atoms with van der Waals surface area (Å²) in [4.78, 5) is 4.17. The molecule has 0 aliphatic carbocycles. The normalized spacial score (nSPS) is 17.0. The van der Waals surface area contributed by atoms with Gasteiger partial charge in [0.05, 0.1) is 0 Å². The number of nitrogens with zero attached hydrogens (tertiary/aromatic N) is 1. The second-order valence-electron chi connectivity index (χ2n) is 2.82. The molecule has 64 valence electrons. The van der Waals surface area contributed by atoms with Crippen molar-refractivity contribution in [1.29, 1.82) is 0 Å². The second kappa shape index (κ2) is 3.54. The molecule has 0 aromatic carbocycles. The monoisotopic (exact) mass is 164 g/mol. The number of ether oxygens (including phenoxy) is 1. The van der Waals surface area contributed by atoms with E-state index in [1.165, 1.54) is 5.56 Å². The van der Waals surface area contributed by atoms with Crippen molar-refractivity contribution in [3.05, 3.63) is 23.9 Å². The molecule has 12 heavy (non-hydrogen) atoms. The highest BCUT2D eigenvalue weighted by molar-refractivity contribution is 5.25. The van der Waals surface area contributed by atoms with Gasteiger partial charge in [0.1, 0.15) is 6.61 Å². The van der Waals surface area contributed by atoms with Crippen LogP contribution in [0.2, 0.25) is 0 Å². The molecule has 0 unspecified atom stereocenters. The lowest BCUT2D eigenvalue weighted by atomic mass is 10.2. The van der Waals surface area contributed by atoms with Crippen LogP contribution in [0.5, 0.6) is 5.88 Å². The molecule has 0 saturated heterocycles. The van der Waals surface area contributed by atoms with Gasteiger partial charge in [-0.05, 0) is 19.0 Å². The predicted octanol–water partition coefficient (Wildman–Crippen LogP) is 0.606. The number of fused-ring (bicyclic) bond motifs is 1. The van der Waals surface area contributed by atoms with E-state index < -0.39 is 0 Å². The fourth-order valence-electron chi connectivity index (χ4n) is 1.31. The van der Waals surface area contributed by atoms with E-state index in [4.69, 9.17) is 4.74 Å². The molecule has 3 heteroatoms. The zero-order chi connectivity index (χ0) is 8.23. The SMILES string of the molecule is c1cnc2c(c1)CCNCCO2. The molecule has 1 N–H and O–H groups in total. The highest BCUT2D eigenvalue weighted by atomic mass is 16.5. The van der Waals surface area contributed by atoms with Gasteiger partial charge in [0.25, 0.3) is 0 Å². The van der Waals surface area contributed by atoms with Crippen LogP contribution in [-0.2, 0) is 6.42 Å². The number of pyridine rings is 1. The first-order chi connectivity index (χ1) is 5.97. The van der Waals surface area contributed by atoms with Gasteiger partial charge in [-0.1, -0.05) is 6.07 Å². The summed E-state index contributed by atoms with van der Waals surface area (Å²) in [5.74, 6) is 0.805. The van der Waals surface area contributed by atoms with Crippen molar-refractivity contribution < 1.29 is 4.74 Å². The molecule has 0 spiro atoms. The maximum absolute atomic E-state index is 5.45. The highest BCUT2D eigenvalue weighted by Gasteiger charge is 2.06. The first kappa shape index (κ1) is 7.55. The fourth-order valence-corrected chi connectivity index (χ4v) is 1.31. The van der Waals surface area contributed by atoms with Crippen LogP contribution in [0.1, 0.15) is 5.56 Å². The lowest BCUT2D eigenvalue weighted by Gasteiger charge is -2.14. The van der Waals surface area contributed by atoms with Crippen molar-refractivity contribution in [3.8, 4) is 5.88 Å². The average molecular weight is 164 g/mol. The fraction of sp³-hybridized carbons (Fsp3) is 0.444. The highest BCUT2D eigenvalue weighted by Crippen LogP contribution is 2.14. The van der Waals surface area contributed by atoms with Gasteiger partial charge in [-0.3, -0.25) is 0 Å². The Bertz CT molecular complexity index is 235. The molecule has 0 bridgehead atoms. The summed E-state index contributed by atoms with van der Waals surface area (Å²) < 4.78 is 5.45. The third-order valence-electron chi connectivity index (χ3n) is 1.94. The van der Waals surface area contributed by atoms with E-state index in [1.54, 1.807) is 6.20 Å². The molecule has 3 nitrogen and oxygen atoms in total. The van der Waals surface area contributed by atoms with Crippen molar-refractivity contribution >= 4 is 0 Å². The minimum atomic E-state index is 0.712. The minimum absolute atomic E-state index is 0.712. The Labute approximate surface area is 71.8 Å². The average Bonchev–Trinajstić information content (AvgIpc) is 2.06. The predicted molar refractivity (Wildman–Crippen MR) is 46.3 cm³/mol. The molecule has 0 saturated carbocycles. The summed E-state index contributed by atoms with van der Waals surface area (Å²) in [6.07, 6.45) is 2.77. The largest absolute Gasteiger partial charge is 0.476 e. The Balaban J connectivity index is 2.24. The van der Waals surface area contributed by atoms with Crippen molar-refractivity contribution in [3.63, 3.8) is 0 Å². The Morgan fingerprint density at radius 3 is 3.42 bits per heavy atom. The van der Waals surface area contributed by atoms with Gasteiger partial charge in [0.2, 0.25) is 5.88 Å². The van der Waals surface area contributed by atoms with Gasteiger partial charge in [0, 0.05) is 18.3 Å². The molecule has 1 aromatic rings. The Kier molecular flexibility index (Phi) is 2.23. The Morgan fingerprint density at radius 2 is 2.42 bits per heavy atom. The van der Waals surface area contributed by atoms with E-state index in [-0.39, 0.29) is 0 Å². The van der Waals surface area contributed by atoms with Gasteiger partial charge < -0.3 is 10.1 Å². The third-order valence-corrected chi connectivity index (χ3v) is 1.94. The van der Waals surface area contributed by atoms with E-state index in [0.29, 0.717) is 6.61 Å². The zero-order valence-electron chi connectivity index (χ0n) is 6.92. The van der Waals surface area contributed by atoms with Crippen molar-refractivity contribution in [2.75, 3.05) is 19.7 Å². The van der Waals surface area contributed by atoms with Crippen LogP contribution in [0.3, 0.4) is 0 Å². The number of hydrogen-bond acceptors (Lipinski definition) is 3. The standard InChI is InChI=1S/C9H12N2O/c1-2-8-3-5-10-6-7-12-9(8)11-4-1/h1-2,4,10H,3,5-7H2. The van der Waals surface area contributed by atoms with Crippen molar-refractivity contribution in [1.82, 2.24) is 10.3 Å². The van der Waals surface area contributed by atoms with Gasteiger partial charge in [-0.25, -0.2) is 4.98 Å². The molecular weight excluding hydrogens is 152 g/mol. The number of rotatable bonds is 0. The van der Waals surface area contributed by atoms with Gasteiger partial charge >= 0.3 is 0 Å². The third kappa shape index (κ3) is 1.56.